The van der Waals surface area contributed by atoms with E-state index in [1.807, 2.05) is 67.7 Å². The molecule has 1 aromatic carbocycles. The van der Waals surface area contributed by atoms with E-state index >= 15 is 0 Å². The molecule has 0 aliphatic carbocycles. The van der Waals surface area contributed by atoms with Crippen LogP contribution in [-0.2, 0) is 16.9 Å². The van der Waals surface area contributed by atoms with Gasteiger partial charge in [0.25, 0.3) is 0 Å². The van der Waals surface area contributed by atoms with Gasteiger partial charge in [0.2, 0.25) is 5.91 Å². The van der Waals surface area contributed by atoms with E-state index in [1.165, 1.54) is 11.3 Å². The fourth-order valence-corrected chi connectivity index (χ4v) is 3.46. The van der Waals surface area contributed by atoms with Crippen LogP contribution in [0.1, 0.15) is 24.3 Å². The number of aliphatic imine (C=N–C) groups is 1. The molecular formula is C21H32IN5O2S. The van der Waals surface area contributed by atoms with Gasteiger partial charge in [0.1, 0.15) is 5.60 Å². The third kappa shape index (κ3) is 8.99. The number of anilines is 1. The van der Waals surface area contributed by atoms with Gasteiger partial charge in [-0.3, -0.25) is 4.79 Å². The predicted molar refractivity (Wildman–Crippen MR) is 136 cm³/mol. The molecule has 30 heavy (non-hydrogen) atoms. The van der Waals surface area contributed by atoms with Gasteiger partial charge in [-0.2, -0.15) is 0 Å². The molecule has 0 aliphatic heterocycles. The molecule has 2 aromatic rings. The minimum absolute atomic E-state index is 0. The van der Waals surface area contributed by atoms with Gasteiger partial charge in [-0.1, -0.05) is 18.2 Å². The lowest BCUT2D eigenvalue weighted by Crippen LogP contribution is -2.44. The first kappa shape index (κ1) is 26.3. The lowest BCUT2D eigenvalue weighted by Gasteiger charge is -2.23. The van der Waals surface area contributed by atoms with E-state index in [2.05, 4.69) is 20.9 Å². The Morgan fingerprint density at radius 1 is 1.23 bits per heavy atom. The van der Waals surface area contributed by atoms with Crippen LogP contribution in [0.25, 0.3) is 0 Å². The molecule has 9 heteroatoms. The van der Waals surface area contributed by atoms with Crippen LogP contribution in [0.15, 0.2) is 46.8 Å². The summed E-state index contributed by atoms with van der Waals surface area (Å²) in [5.41, 5.74) is 0.763. The van der Waals surface area contributed by atoms with Crippen molar-refractivity contribution in [3.63, 3.8) is 0 Å². The largest absolute Gasteiger partial charge is 0.383 e. The second kappa shape index (κ2) is 12.9. The van der Waals surface area contributed by atoms with Crippen LogP contribution in [0.5, 0.6) is 0 Å². The SMILES string of the molecule is CCNC(=NCc1cccc(NC(=O)CN(C)C)c1)NCC(C)(O)c1cccs1.I. The van der Waals surface area contributed by atoms with Gasteiger partial charge in [-0.05, 0) is 57.1 Å². The van der Waals surface area contributed by atoms with Crippen LogP contribution in [0, 0.1) is 0 Å². The summed E-state index contributed by atoms with van der Waals surface area (Å²) in [4.78, 5) is 19.3. The minimum Gasteiger partial charge on any atom is -0.383 e. The van der Waals surface area contributed by atoms with E-state index in [9.17, 15) is 9.90 Å². The molecule has 0 bridgehead atoms. The summed E-state index contributed by atoms with van der Waals surface area (Å²) in [6.45, 7) is 5.63. The van der Waals surface area contributed by atoms with Crippen LogP contribution >= 0.6 is 35.3 Å². The number of halogens is 1. The summed E-state index contributed by atoms with van der Waals surface area (Å²) in [7, 11) is 3.71. The van der Waals surface area contributed by atoms with Gasteiger partial charge in [0, 0.05) is 17.1 Å². The minimum atomic E-state index is -0.971. The Morgan fingerprint density at radius 2 is 2.00 bits per heavy atom. The van der Waals surface area contributed by atoms with Crippen molar-refractivity contribution in [3.05, 3.63) is 52.2 Å². The molecule has 0 spiro atoms. The first-order valence-electron chi connectivity index (χ1n) is 9.62. The fourth-order valence-electron chi connectivity index (χ4n) is 2.68. The number of amides is 1. The number of carbonyl (C=O) groups excluding carboxylic acids is 1. The Kier molecular flexibility index (Phi) is 11.3. The summed E-state index contributed by atoms with van der Waals surface area (Å²) >= 11 is 1.53. The molecule has 1 amide bonds. The van der Waals surface area contributed by atoms with Gasteiger partial charge in [0.15, 0.2) is 5.96 Å². The molecule has 1 unspecified atom stereocenters. The fraction of sp³-hybridized carbons (Fsp3) is 0.429. The van der Waals surface area contributed by atoms with Gasteiger partial charge in [-0.25, -0.2) is 4.99 Å². The second-order valence-electron chi connectivity index (χ2n) is 7.29. The molecule has 0 saturated carbocycles. The maximum absolute atomic E-state index is 11.9. The van der Waals surface area contributed by atoms with Crippen molar-refractivity contribution in [2.45, 2.75) is 26.0 Å². The third-order valence-corrected chi connectivity index (χ3v) is 5.21. The highest BCUT2D eigenvalue weighted by molar-refractivity contribution is 14.0. The highest BCUT2D eigenvalue weighted by Gasteiger charge is 2.24. The van der Waals surface area contributed by atoms with E-state index in [0.29, 0.717) is 32.1 Å². The van der Waals surface area contributed by atoms with Crippen LogP contribution < -0.4 is 16.0 Å². The quantitative estimate of drug-likeness (QED) is 0.221. The van der Waals surface area contributed by atoms with Crippen LogP contribution in [0.2, 0.25) is 0 Å². The summed E-state index contributed by atoms with van der Waals surface area (Å²) in [6, 6.07) is 11.5. The number of nitrogens with zero attached hydrogens (tertiary/aromatic N) is 2. The molecule has 166 valence electrons. The first-order valence-corrected chi connectivity index (χ1v) is 10.5. The number of guanidine groups is 1. The molecule has 0 saturated heterocycles. The molecule has 4 N–H and O–H groups in total. The average molecular weight is 545 g/mol. The van der Waals surface area contributed by atoms with Crippen molar-refractivity contribution in [2.24, 2.45) is 4.99 Å². The zero-order valence-electron chi connectivity index (χ0n) is 17.9. The van der Waals surface area contributed by atoms with E-state index < -0.39 is 5.60 Å². The summed E-state index contributed by atoms with van der Waals surface area (Å²) in [5, 5.41) is 21.9. The van der Waals surface area contributed by atoms with Crippen LogP contribution in [0.3, 0.4) is 0 Å². The molecule has 2 rings (SSSR count). The van der Waals surface area contributed by atoms with Crippen molar-refractivity contribution in [2.75, 3.05) is 39.0 Å². The topological polar surface area (TPSA) is 89.0 Å². The normalized spacial score (nSPS) is 13.3. The van der Waals surface area contributed by atoms with Crippen molar-refractivity contribution >= 4 is 52.9 Å². The van der Waals surface area contributed by atoms with Crippen molar-refractivity contribution < 1.29 is 9.90 Å². The lowest BCUT2D eigenvalue weighted by molar-refractivity contribution is -0.116. The van der Waals surface area contributed by atoms with Crippen molar-refractivity contribution in [3.8, 4) is 0 Å². The summed E-state index contributed by atoms with van der Waals surface area (Å²) in [6.07, 6.45) is 0. The van der Waals surface area contributed by atoms with Gasteiger partial charge in [-0.15, -0.1) is 35.3 Å². The number of carbonyl (C=O) groups is 1. The van der Waals surface area contributed by atoms with Crippen LogP contribution in [0.4, 0.5) is 5.69 Å². The van der Waals surface area contributed by atoms with Gasteiger partial charge < -0.3 is 26.0 Å². The molecule has 1 aromatic heterocycles. The van der Waals surface area contributed by atoms with Crippen molar-refractivity contribution in [1.29, 1.82) is 0 Å². The predicted octanol–water partition coefficient (Wildman–Crippen LogP) is 2.83. The van der Waals surface area contributed by atoms with E-state index in [1.54, 1.807) is 6.92 Å². The molecule has 0 radical (unpaired) electrons. The standard InChI is InChI=1S/C21H31N5O2S.HI/c1-5-22-20(24-15-21(2,28)18-10-7-11-29-18)23-13-16-8-6-9-17(12-16)25-19(27)14-26(3)4;/h6-12,28H,5,13-15H2,1-4H3,(H,25,27)(H2,22,23,24);1H. The summed E-state index contributed by atoms with van der Waals surface area (Å²) in [5.74, 6) is 0.577. The Bertz CT molecular complexity index is 809. The second-order valence-corrected chi connectivity index (χ2v) is 8.23. The summed E-state index contributed by atoms with van der Waals surface area (Å²) < 4.78 is 0. The monoisotopic (exact) mass is 545 g/mol. The Hall–Kier alpha value is -1.69. The van der Waals surface area contributed by atoms with E-state index in [0.717, 1.165) is 16.1 Å². The lowest BCUT2D eigenvalue weighted by atomic mass is 10.1. The Balaban J connectivity index is 0.00000450. The zero-order chi connectivity index (χ0) is 21.3. The Labute approximate surface area is 200 Å². The molecular weight excluding hydrogens is 513 g/mol. The highest BCUT2D eigenvalue weighted by Crippen LogP contribution is 2.24. The van der Waals surface area contributed by atoms with Gasteiger partial charge in [0.05, 0.1) is 19.6 Å². The van der Waals surface area contributed by atoms with E-state index in [-0.39, 0.29) is 29.9 Å². The maximum atomic E-state index is 11.9. The van der Waals surface area contributed by atoms with Crippen molar-refractivity contribution in [1.82, 2.24) is 15.5 Å². The molecule has 1 atom stereocenters. The number of aliphatic hydroxyl groups is 1. The average Bonchev–Trinajstić information content (AvgIpc) is 3.19. The molecule has 0 aliphatic rings. The number of hydrogen-bond donors (Lipinski definition) is 4. The number of benzene rings is 1. The molecule has 7 nitrogen and oxygen atoms in total. The maximum Gasteiger partial charge on any atom is 0.238 e. The smallest absolute Gasteiger partial charge is 0.238 e. The third-order valence-electron chi connectivity index (χ3n) is 4.09. The zero-order valence-corrected chi connectivity index (χ0v) is 21.1. The van der Waals surface area contributed by atoms with E-state index in [4.69, 9.17) is 0 Å². The molecule has 0 fully saturated rings. The highest BCUT2D eigenvalue weighted by atomic mass is 127. The number of hydrogen-bond acceptors (Lipinski definition) is 5. The number of likely N-dealkylation sites (N-methyl/N-ethyl adjacent to an activating group) is 1. The molecule has 1 heterocycles. The van der Waals surface area contributed by atoms with Gasteiger partial charge >= 0.3 is 0 Å². The number of nitrogens with one attached hydrogen (secondary N) is 3. The first-order chi connectivity index (χ1) is 13.8. The number of rotatable bonds is 9. The number of thiophene rings is 1. The Morgan fingerprint density at radius 3 is 2.63 bits per heavy atom. The van der Waals surface area contributed by atoms with Crippen LogP contribution in [-0.4, -0.2) is 55.6 Å².